The van der Waals surface area contributed by atoms with Gasteiger partial charge >= 0.3 is 18.1 Å². The number of amides is 1. The van der Waals surface area contributed by atoms with Gasteiger partial charge in [0, 0.05) is 42.3 Å². The van der Waals surface area contributed by atoms with E-state index in [0.717, 1.165) is 10.6 Å². The fourth-order valence-corrected chi connectivity index (χ4v) is 13.1. The lowest BCUT2D eigenvalue weighted by Gasteiger charge is -2.44. The third kappa shape index (κ3) is 8.54. The molecule has 15 heteroatoms. The summed E-state index contributed by atoms with van der Waals surface area (Å²) in [6, 6.07) is 22.7. The van der Waals surface area contributed by atoms with E-state index in [1.54, 1.807) is 81.4 Å². The SMILES string of the molecule is CC1Cc2c(n(C(=O)O[C@H](c3c(F)cc(C(=O)C4CN(C(=O)OC(C)(C)C)C4)cc3F)C(F)(F)CO[Si](c3ccccc3)(c3ccccc3)C(C)(C)C)c3ccc(F)cc23)CN1. The first-order valence-corrected chi connectivity index (χ1v) is 22.4. The number of Topliss-reactive ketones (excluding diaryl/α,β-unsaturated/α-hetero) is 1. The van der Waals surface area contributed by atoms with Crippen molar-refractivity contribution >= 4 is 47.6 Å². The molecule has 0 aliphatic carbocycles. The summed E-state index contributed by atoms with van der Waals surface area (Å²) in [6.45, 7) is 11.1. The minimum absolute atomic E-state index is 0.0683. The van der Waals surface area contributed by atoms with Crippen molar-refractivity contribution in [3.05, 3.63) is 131 Å². The van der Waals surface area contributed by atoms with E-state index in [1.807, 2.05) is 27.7 Å². The summed E-state index contributed by atoms with van der Waals surface area (Å²) < 4.78 is 101. The molecule has 2 aliphatic heterocycles. The second-order valence-electron chi connectivity index (χ2n) is 18.2. The van der Waals surface area contributed by atoms with Gasteiger partial charge in [-0.2, -0.15) is 8.78 Å². The standard InChI is InChI=1S/C47H50F5N3O6Si/c1-28-20-34-35-23-31(48)18-19-38(35)55(39(34)24-53-28)44(58)60-42(40-36(49)21-29(22-37(40)50)41(56)30-25-54(26-30)43(57)61-45(2,3)4)47(51,52)27-59-62(46(5,6)7,32-14-10-8-11-15-32)33-16-12-9-13-17-33/h8-19,21-23,28,30,42,53H,20,24-27H2,1-7H3/t28?,42-/m1/s1. The Morgan fingerprint density at radius 1 is 0.823 bits per heavy atom. The molecule has 7 rings (SSSR count). The number of likely N-dealkylation sites (tertiary alicyclic amines) is 1. The predicted molar refractivity (Wildman–Crippen MR) is 227 cm³/mol. The fourth-order valence-electron chi connectivity index (χ4n) is 8.54. The van der Waals surface area contributed by atoms with Crippen LogP contribution in [0.2, 0.25) is 5.04 Å². The van der Waals surface area contributed by atoms with Crippen molar-refractivity contribution in [2.45, 2.75) is 90.1 Å². The maximum Gasteiger partial charge on any atom is 0.419 e. The molecule has 9 nitrogen and oxygen atoms in total. The van der Waals surface area contributed by atoms with Crippen LogP contribution >= 0.6 is 0 Å². The number of hydrogen-bond acceptors (Lipinski definition) is 7. The average molecular weight is 876 g/mol. The van der Waals surface area contributed by atoms with Gasteiger partial charge in [0.25, 0.3) is 8.32 Å². The second kappa shape index (κ2) is 16.7. The van der Waals surface area contributed by atoms with Crippen LogP contribution in [0.25, 0.3) is 10.9 Å². The predicted octanol–water partition coefficient (Wildman–Crippen LogP) is 9.08. The summed E-state index contributed by atoms with van der Waals surface area (Å²) in [6.07, 6.45) is -4.59. The van der Waals surface area contributed by atoms with Crippen molar-refractivity contribution in [2.75, 3.05) is 19.7 Å². The Hall–Kier alpha value is -5.38. The number of benzene rings is 4. The molecule has 1 amide bonds. The first-order chi connectivity index (χ1) is 29.1. The van der Waals surface area contributed by atoms with Gasteiger partial charge in [0.2, 0.25) is 0 Å². The molecule has 5 aromatic rings. The van der Waals surface area contributed by atoms with Gasteiger partial charge in [0.1, 0.15) is 29.7 Å². The maximum atomic E-state index is 17.4. The van der Waals surface area contributed by atoms with Crippen LogP contribution in [-0.4, -0.2) is 73.0 Å². The van der Waals surface area contributed by atoms with Crippen LogP contribution in [0.15, 0.2) is 91.0 Å². The highest BCUT2D eigenvalue weighted by Crippen LogP contribution is 2.43. The molecule has 0 radical (unpaired) electrons. The van der Waals surface area contributed by atoms with E-state index in [2.05, 4.69) is 5.32 Å². The number of aromatic nitrogens is 1. The van der Waals surface area contributed by atoms with Gasteiger partial charge < -0.3 is 24.1 Å². The number of hydrogen-bond donors (Lipinski definition) is 1. The van der Waals surface area contributed by atoms with Crippen LogP contribution in [0, 0.1) is 23.4 Å². The molecule has 0 saturated carbocycles. The summed E-state index contributed by atoms with van der Waals surface area (Å²) >= 11 is 0. The van der Waals surface area contributed by atoms with Gasteiger partial charge in [0.15, 0.2) is 11.9 Å². The highest BCUT2D eigenvalue weighted by molar-refractivity contribution is 6.99. The quantitative estimate of drug-likeness (QED) is 0.0850. The number of nitrogens with one attached hydrogen (secondary N) is 1. The van der Waals surface area contributed by atoms with Crippen molar-refractivity contribution < 1.29 is 50.2 Å². The number of alkyl halides is 2. The Balaban J connectivity index is 1.29. The molecule has 0 spiro atoms. The molecule has 2 atom stereocenters. The maximum absolute atomic E-state index is 17.4. The fraction of sp³-hybridized carbons (Fsp3) is 0.383. The monoisotopic (exact) mass is 875 g/mol. The number of rotatable bonds is 10. The molecule has 1 saturated heterocycles. The molecule has 1 unspecified atom stereocenters. The Labute approximate surface area is 358 Å². The molecule has 3 heterocycles. The summed E-state index contributed by atoms with van der Waals surface area (Å²) in [7, 11) is -3.69. The molecular formula is C47H50F5N3O6Si. The molecular weight excluding hydrogens is 826 g/mol. The smallest absolute Gasteiger partial charge is 0.419 e. The Morgan fingerprint density at radius 2 is 1.40 bits per heavy atom. The van der Waals surface area contributed by atoms with Crippen LogP contribution in [0.3, 0.4) is 0 Å². The van der Waals surface area contributed by atoms with Crippen LogP contribution in [0.4, 0.5) is 31.5 Å². The van der Waals surface area contributed by atoms with E-state index < -0.39 is 90.1 Å². The lowest BCUT2D eigenvalue weighted by Crippen LogP contribution is -2.67. The van der Waals surface area contributed by atoms with Crippen LogP contribution in [-0.2, 0) is 26.9 Å². The zero-order valence-corrected chi connectivity index (χ0v) is 36.7. The van der Waals surface area contributed by atoms with Gasteiger partial charge in [-0.15, -0.1) is 0 Å². The van der Waals surface area contributed by atoms with Gasteiger partial charge in [-0.05, 0) is 85.4 Å². The number of ketones is 1. The van der Waals surface area contributed by atoms with E-state index in [4.69, 9.17) is 13.9 Å². The molecule has 2 aliphatic rings. The Kier molecular flexibility index (Phi) is 12.0. The molecule has 1 N–H and O–H groups in total. The summed E-state index contributed by atoms with van der Waals surface area (Å²) in [4.78, 5) is 41.6. The first-order valence-electron chi connectivity index (χ1n) is 20.5. The van der Waals surface area contributed by atoms with Gasteiger partial charge in [-0.25, -0.2) is 27.3 Å². The Morgan fingerprint density at radius 3 is 1.95 bits per heavy atom. The van der Waals surface area contributed by atoms with E-state index in [9.17, 15) is 18.8 Å². The zero-order chi connectivity index (χ0) is 44.9. The minimum atomic E-state index is -4.31. The number of halogens is 5. The number of nitrogens with zero attached hydrogens (tertiary/aromatic N) is 2. The molecule has 0 bridgehead atoms. The highest BCUT2D eigenvalue weighted by Gasteiger charge is 2.55. The van der Waals surface area contributed by atoms with Crippen LogP contribution in [0.5, 0.6) is 0 Å². The van der Waals surface area contributed by atoms with Crippen molar-refractivity contribution in [3.63, 3.8) is 0 Å². The molecule has 4 aromatic carbocycles. The minimum Gasteiger partial charge on any atom is -0.444 e. The Bertz CT molecular complexity index is 2430. The third-order valence-electron chi connectivity index (χ3n) is 11.5. The van der Waals surface area contributed by atoms with Crippen molar-refractivity contribution in [1.29, 1.82) is 0 Å². The lowest BCUT2D eigenvalue weighted by atomic mass is 9.89. The van der Waals surface area contributed by atoms with Crippen molar-refractivity contribution in [2.24, 2.45) is 5.92 Å². The molecule has 62 heavy (non-hydrogen) atoms. The van der Waals surface area contributed by atoms with Crippen LogP contribution in [0.1, 0.15) is 81.7 Å². The van der Waals surface area contributed by atoms with Crippen molar-refractivity contribution in [1.82, 2.24) is 14.8 Å². The number of carbonyl (C=O) groups is 3. The molecule has 1 fully saturated rings. The molecule has 1 aromatic heterocycles. The largest absolute Gasteiger partial charge is 0.444 e. The van der Waals surface area contributed by atoms with Gasteiger partial charge in [-0.1, -0.05) is 81.4 Å². The van der Waals surface area contributed by atoms with Crippen molar-refractivity contribution in [3.8, 4) is 0 Å². The van der Waals surface area contributed by atoms with E-state index in [0.29, 0.717) is 45.6 Å². The average Bonchev–Trinajstić information content (AvgIpc) is 3.49. The number of ether oxygens (including phenoxy) is 2. The topological polar surface area (TPSA) is 99.1 Å². The second-order valence-corrected chi connectivity index (χ2v) is 22.5. The van der Waals surface area contributed by atoms with E-state index in [-0.39, 0.29) is 31.2 Å². The van der Waals surface area contributed by atoms with Gasteiger partial charge in [0.05, 0.1) is 17.0 Å². The lowest BCUT2D eigenvalue weighted by molar-refractivity contribution is -0.138. The van der Waals surface area contributed by atoms with Crippen LogP contribution < -0.4 is 15.7 Å². The number of carbonyl (C=O) groups excluding carboxylic acids is 3. The first kappa shape index (κ1) is 44.7. The van der Waals surface area contributed by atoms with E-state index >= 15 is 17.6 Å². The van der Waals surface area contributed by atoms with E-state index in [1.165, 1.54) is 17.0 Å². The number of fused-ring (bicyclic) bond motifs is 3. The summed E-state index contributed by atoms with van der Waals surface area (Å²) in [5.74, 6) is -9.56. The zero-order valence-electron chi connectivity index (χ0n) is 35.7. The summed E-state index contributed by atoms with van der Waals surface area (Å²) in [5, 5.41) is 4.11. The third-order valence-corrected chi connectivity index (χ3v) is 16.5. The highest BCUT2D eigenvalue weighted by atomic mass is 28.4. The van der Waals surface area contributed by atoms with Gasteiger partial charge in [-0.3, -0.25) is 4.79 Å². The summed E-state index contributed by atoms with van der Waals surface area (Å²) in [5.41, 5.74) is -1.46. The molecule has 328 valence electrons. The normalized spacial score (nSPS) is 16.7.